The zero-order chi connectivity index (χ0) is 24.6. The molecule has 35 heavy (non-hydrogen) atoms. The minimum absolute atomic E-state index is 0.0127. The first kappa shape index (κ1) is 22.5. The van der Waals surface area contributed by atoms with Crippen LogP contribution in [0.3, 0.4) is 0 Å². The number of nitrogens with two attached hydrogens (primary N) is 1. The number of rotatable bonds is 5. The van der Waals surface area contributed by atoms with Gasteiger partial charge in [0.1, 0.15) is 6.04 Å². The number of likely N-dealkylation sites (tertiary alicyclic amines) is 3. The third-order valence-electron chi connectivity index (χ3n) is 8.75. The van der Waals surface area contributed by atoms with E-state index in [4.69, 9.17) is 5.73 Å². The first-order valence-electron chi connectivity index (χ1n) is 12.7. The molecule has 2 N–H and O–H groups in total. The van der Waals surface area contributed by atoms with E-state index < -0.39 is 6.04 Å². The van der Waals surface area contributed by atoms with Gasteiger partial charge in [-0.2, -0.15) is 5.26 Å². The first-order chi connectivity index (χ1) is 16.8. The molecular weight excluding hydrogens is 444 g/mol. The van der Waals surface area contributed by atoms with Crippen molar-refractivity contribution < 1.29 is 14.4 Å². The molecule has 3 heterocycles. The Kier molecular flexibility index (Phi) is 5.17. The molecule has 0 radical (unpaired) electrons. The van der Waals surface area contributed by atoms with Crippen LogP contribution in [0.1, 0.15) is 53.2 Å². The number of benzene rings is 1. The van der Waals surface area contributed by atoms with E-state index in [0.717, 1.165) is 43.2 Å². The van der Waals surface area contributed by atoms with E-state index in [1.807, 2.05) is 18.2 Å². The second kappa shape index (κ2) is 8.04. The number of piperazine rings is 1. The van der Waals surface area contributed by atoms with E-state index in [9.17, 15) is 19.6 Å². The van der Waals surface area contributed by atoms with Crippen molar-refractivity contribution in [1.29, 1.82) is 5.26 Å². The van der Waals surface area contributed by atoms with Gasteiger partial charge in [-0.25, -0.2) is 0 Å². The van der Waals surface area contributed by atoms with Crippen molar-refractivity contribution in [2.75, 3.05) is 27.2 Å². The minimum atomic E-state index is -0.717. The number of hydrogen-bond acceptors (Lipinski definition) is 6. The van der Waals surface area contributed by atoms with E-state index >= 15 is 0 Å². The standard InChI is InChI=1S/C26H32N6O3/c1-29(2)24(33)15-3-5-19-14(7-15)4-6-21(19)32-18-10-23(26(32)35)30(12-18)13-20(28)25(34)31-17(11-27)8-16-9-22(16)31/h3,5,7,16-18,20-23H,4,6,8-10,12-13,28H2,1-2H3/t16-,17+,18-,20+,21+,22?,23-/m1/s1. The maximum atomic E-state index is 13.4. The summed E-state index contributed by atoms with van der Waals surface area (Å²) in [7, 11) is 3.50. The van der Waals surface area contributed by atoms with Gasteiger partial charge in [0.05, 0.1) is 24.2 Å². The van der Waals surface area contributed by atoms with Crippen molar-refractivity contribution in [2.45, 2.75) is 68.4 Å². The summed E-state index contributed by atoms with van der Waals surface area (Å²) in [5.41, 5.74) is 9.32. The van der Waals surface area contributed by atoms with Gasteiger partial charge in [-0.05, 0) is 61.3 Å². The van der Waals surface area contributed by atoms with Crippen LogP contribution in [-0.2, 0) is 16.0 Å². The third kappa shape index (κ3) is 3.46. The fraction of sp³-hybridized carbons (Fsp3) is 0.615. The van der Waals surface area contributed by atoms with Crippen molar-refractivity contribution in [3.63, 3.8) is 0 Å². The molecule has 1 unspecified atom stereocenters. The lowest BCUT2D eigenvalue weighted by Gasteiger charge is -2.38. The van der Waals surface area contributed by atoms with Gasteiger partial charge in [-0.1, -0.05) is 6.07 Å². The zero-order valence-corrected chi connectivity index (χ0v) is 20.3. The molecule has 1 aromatic carbocycles. The van der Waals surface area contributed by atoms with E-state index in [2.05, 4.69) is 15.9 Å². The molecule has 0 spiro atoms. The summed E-state index contributed by atoms with van der Waals surface area (Å²) in [6.45, 7) is 1.07. The average Bonchev–Trinajstić information content (AvgIpc) is 3.18. The largest absolute Gasteiger partial charge is 0.345 e. The number of carbonyl (C=O) groups is 3. The Morgan fingerprint density at radius 1 is 1.23 bits per heavy atom. The summed E-state index contributed by atoms with van der Waals surface area (Å²) < 4.78 is 0. The molecule has 1 saturated carbocycles. The minimum Gasteiger partial charge on any atom is -0.345 e. The van der Waals surface area contributed by atoms with Crippen molar-refractivity contribution in [3.8, 4) is 6.07 Å². The molecule has 9 heteroatoms. The van der Waals surface area contributed by atoms with Gasteiger partial charge >= 0.3 is 0 Å². The maximum Gasteiger partial charge on any atom is 0.253 e. The lowest BCUT2D eigenvalue weighted by atomic mass is 10.0. The van der Waals surface area contributed by atoms with Gasteiger partial charge in [0.15, 0.2) is 0 Å². The quantitative estimate of drug-likeness (QED) is 0.662. The van der Waals surface area contributed by atoms with E-state index in [1.54, 1.807) is 23.9 Å². The highest BCUT2D eigenvalue weighted by atomic mass is 16.2. The lowest BCUT2D eigenvalue weighted by Crippen LogP contribution is -2.57. The van der Waals surface area contributed by atoms with E-state index in [-0.39, 0.29) is 47.9 Å². The Morgan fingerprint density at radius 2 is 2.03 bits per heavy atom. The molecule has 3 saturated heterocycles. The topological polar surface area (TPSA) is 114 Å². The lowest BCUT2D eigenvalue weighted by molar-refractivity contribution is -0.141. The fourth-order valence-corrected chi connectivity index (χ4v) is 6.99. The highest BCUT2D eigenvalue weighted by Gasteiger charge is 2.56. The predicted octanol–water partition coefficient (Wildman–Crippen LogP) is 0.501. The average molecular weight is 477 g/mol. The van der Waals surface area contributed by atoms with Crippen LogP contribution in [0.5, 0.6) is 0 Å². The van der Waals surface area contributed by atoms with Gasteiger partial charge in [0.2, 0.25) is 11.8 Å². The summed E-state index contributed by atoms with van der Waals surface area (Å²) in [5, 5.41) is 9.42. The number of fused-ring (bicyclic) bond motifs is 4. The summed E-state index contributed by atoms with van der Waals surface area (Å²) in [6, 6.07) is 7.13. The maximum absolute atomic E-state index is 13.4. The SMILES string of the molecule is CN(C)C(=O)c1ccc2c(c1)CC[C@@H]2N1C(=O)[C@H]2C[C@@H]1CN2C[C@H](N)C(=O)N1C2C[C@H]2C[C@H]1C#N. The molecule has 2 bridgehead atoms. The Hall–Kier alpha value is -2.96. The zero-order valence-electron chi connectivity index (χ0n) is 20.3. The van der Waals surface area contributed by atoms with Crippen LogP contribution in [-0.4, -0.2) is 94.7 Å². The van der Waals surface area contributed by atoms with Crippen LogP contribution in [0.25, 0.3) is 0 Å². The Balaban J connectivity index is 1.12. The van der Waals surface area contributed by atoms with Gasteiger partial charge in [0.25, 0.3) is 5.91 Å². The second-order valence-corrected chi connectivity index (χ2v) is 11.1. The number of nitriles is 1. The highest BCUT2D eigenvalue weighted by molar-refractivity contribution is 5.94. The van der Waals surface area contributed by atoms with E-state index in [1.165, 1.54) is 0 Å². The predicted molar refractivity (Wildman–Crippen MR) is 127 cm³/mol. The molecule has 1 aromatic rings. The van der Waals surface area contributed by atoms with Crippen molar-refractivity contribution >= 4 is 17.7 Å². The number of piperidine rings is 1. The molecule has 7 atom stereocenters. The van der Waals surface area contributed by atoms with Gasteiger partial charge in [-0.15, -0.1) is 0 Å². The van der Waals surface area contributed by atoms with Crippen LogP contribution in [0, 0.1) is 17.2 Å². The Bertz CT molecular complexity index is 1140. The van der Waals surface area contributed by atoms with Crippen molar-refractivity contribution in [1.82, 2.24) is 19.6 Å². The Labute approximate surface area is 205 Å². The molecule has 9 nitrogen and oxygen atoms in total. The molecule has 184 valence electrons. The number of amides is 3. The first-order valence-corrected chi connectivity index (χ1v) is 12.7. The van der Waals surface area contributed by atoms with E-state index in [0.29, 0.717) is 24.6 Å². The van der Waals surface area contributed by atoms with Crippen molar-refractivity contribution in [2.24, 2.45) is 11.7 Å². The van der Waals surface area contributed by atoms with Crippen LogP contribution in [0.2, 0.25) is 0 Å². The molecule has 5 aliphatic rings. The molecule has 4 fully saturated rings. The molecule has 0 aromatic heterocycles. The third-order valence-corrected chi connectivity index (χ3v) is 8.75. The number of nitrogens with zero attached hydrogens (tertiary/aromatic N) is 5. The molecule has 3 aliphatic heterocycles. The molecule has 3 amide bonds. The second-order valence-electron chi connectivity index (χ2n) is 11.1. The van der Waals surface area contributed by atoms with Crippen molar-refractivity contribution in [3.05, 3.63) is 34.9 Å². The monoisotopic (exact) mass is 476 g/mol. The Morgan fingerprint density at radius 3 is 2.74 bits per heavy atom. The van der Waals surface area contributed by atoms with Crippen LogP contribution >= 0.6 is 0 Å². The van der Waals surface area contributed by atoms with Crippen LogP contribution < -0.4 is 5.73 Å². The number of hydrogen-bond donors (Lipinski definition) is 1. The van der Waals surface area contributed by atoms with Crippen LogP contribution in [0.15, 0.2) is 18.2 Å². The normalized spacial score (nSPS) is 33.5. The van der Waals surface area contributed by atoms with Crippen LogP contribution in [0.4, 0.5) is 0 Å². The van der Waals surface area contributed by atoms with Gasteiger partial charge < -0.3 is 20.4 Å². The summed E-state index contributed by atoms with van der Waals surface area (Å²) in [4.78, 5) is 46.3. The summed E-state index contributed by atoms with van der Waals surface area (Å²) in [6.07, 6.45) is 4.23. The van der Waals surface area contributed by atoms with Gasteiger partial charge in [0, 0.05) is 44.8 Å². The summed E-state index contributed by atoms with van der Waals surface area (Å²) in [5.74, 6) is 0.411. The number of aryl methyl sites for hydroxylation is 1. The molecular formula is C26H32N6O3. The fourth-order valence-electron chi connectivity index (χ4n) is 6.99. The summed E-state index contributed by atoms with van der Waals surface area (Å²) >= 11 is 0. The number of carbonyl (C=O) groups excluding carboxylic acids is 3. The van der Waals surface area contributed by atoms with Gasteiger partial charge in [-0.3, -0.25) is 19.3 Å². The smallest absolute Gasteiger partial charge is 0.253 e. The molecule has 6 rings (SSSR count). The molecule has 2 aliphatic carbocycles. The highest BCUT2D eigenvalue weighted by Crippen LogP contribution is 2.48.